The second-order valence-electron chi connectivity index (χ2n) is 9.61. The van der Waals surface area contributed by atoms with Crippen LogP contribution in [0, 0.1) is 12.8 Å². The van der Waals surface area contributed by atoms with Crippen LogP contribution in [0.2, 0.25) is 0 Å². The molecule has 3 aromatic carbocycles. The summed E-state index contributed by atoms with van der Waals surface area (Å²) in [5.74, 6) is -0.326. The fraction of sp³-hybridized carbons (Fsp3) is 0.258. The Bertz CT molecular complexity index is 1490. The fourth-order valence-electron chi connectivity index (χ4n) is 4.98. The van der Waals surface area contributed by atoms with Gasteiger partial charge in [-0.15, -0.1) is 0 Å². The molecule has 0 aliphatic heterocycles. The smallest absolute Gasteiger partial charge is 0.328 e. The van der Waals surface area contributed by atoms with E-state index >= 15 is 0 Å². The van der Waals surface area contributed by atoms with Crippen LogP contribution in [0.25, 0.3) is 28.2 Å². The van der Waals surface area contributed by atoms with E-state index in [0.717, 1.165) is 66.2 Å². The highest BCUT2D eigenvalue weighted by Crippen LogP contribution is 2.30. The van der Waals surface area contributed by atoms with Gasteiger partial charge in [0.25, 0.3) is 0 Å². The predicted molar refractivity (Wildman–Crippen MR) is 147 cm³/mol. The van der Waals surface area contributed by atoms with Gasteiger partial charge in [-0.3, -0.25) is 4.79 Å². The Morgan fingerprint density at radius 1 is 1.05 bits per heavy atom. The van der Waals surface area contributed by atoms with Crippen LogP contribution in [0.5, 0.6) is 0 Å². The van der Waals surface area contributed by atoms with Gasteiger partial charge in [-0.1, -0.05) is 61.7 Å². The van der Waals surface area contributed by atoms with Crippen LogP contribution >= 0.6 is 0 Å². The van der Waals surface area contributed by atoms with Gasteiger partial charge in [0.05, 0.1) is 18.9 Å². The number of aromatic nitrogens is 2. The number of hydrogen-bond donors (Lipinski definition) is 2. The number of nitrogens with one attached hydrogen (secondary N) is 1. The maximum atomic E-state index is 13.8. The molecule has 1 fully saturated rings. The number of benzene rings is 3. The number of imidazole rings is 1. The Kier molecular flexibility index (Phi) is 6.80. The first-order valence-electron chi connectivity index (χ1n) is 13.3. The first kappa shape index (κ1) is 23.2. The van der Waals surface area contributed by atoms with Gasteiger partial charge in [0, 0.05) is 17.7 Å². The molecule has 6 nitrogen and oxygen atoms in total. The number of nitrogens with zero attached hydrogens (tertiary/aromatic N) is 2. The van der Waals surface area contributed by atoms with Crippen LogP contribution in [0.1, 0.15) is 50.4 Å². The Labute approximate surface area is 218 Å². The molecular weight excluding hydrogens is 462 g/mol. The third-order valence-electron chi connectivity index (χ3n) is 6.88. The predicted octanol–water partition coefficient (Wildman–Crippen LogP) is 6.75. The number of carboxylic acids is 1. The fourth-order valence-corrected chi connectivity index (χ4v) is 4.98. The zero-order chi connectivity index (χ0) is 26.6. The molecule has 0 saturated heterocycles. The van der Waals surface area contributed by atoms with E-state index in [9.17, 15) is 9.59 Å². The summed E-state index contributed by atoms with van der Waals surface area (Å²) in [5, 5.41) is 9.02. The molecule has 6 heteroatoms. The molecule has 1 aliphatic rings. The zero-order valence-electron chi connectivity index (χ0n) is 21.9. The number of aliphatic carboxylic acids is 1. The van der Waals surface area contributed by atoms with Gasteiger partial charge in [-0.05, 0) is 72.4 Å². The second-order valence-corrected chi connectivity index (χ2v) is 9.61. The minimum atomic E-state index is -1.04. The molecule has 1 unspecified atom stereocenters. The number of fused-ring (bicyclic) bond motifs is 1. The number of carbonyl (C=O) groups is 2. The SMILES string of the molecule is [2H]C(c1ccc(-c2ccc3nc(C)[nH]c3c2)cc1)N(C(=O)C1CCCCC1)c1cccc(/C=C/C(=O)O)c1. The quantitative estimate of drug-likeness (QED) is 0.278. The van der Waals surface area contributed by atoms with E-state index in [2.05, 4.69) is 16.0 Å². The third kappa shape index (κ3) is 5.80. The highest BCUT2D eigenvalue weighted by molar-refractivity contribution is 5.95. The lowest BCUT2D eigenvalue weighted by Gasteiger charge is -2.30. The van der Waals surface area contributed by atoms with Crippen LogP contribution in [-0.2, 0) is 16.1 Å². The number of H-pyrrole nitrogens is 1. The van der Waals surface area contributed by atoms with Gasteiger partial charge in [0.15, 0.2) is 0 Å². The summed E-state index contributed by atoms with van der Waals surface area (Å²) in [6.07, 6.45) is 7.40. The number of carbonyl (C=O) groups excluding carboxylic acids is 1. The van der Waals surface area contributed by atoms with E-state index < -0.39 is 12.5 Å². The summed E-state index contributed by atoms with van der Waals surface area (Å²) in [5.41, 5.74) is 5.93. The molecule has 1 aliphatic carbocycles. The lowest BCUT2D eigenvalue weighted by molar-refractivity contribution is -0.131. The van der Waals surface area contributed by atoms with E-state index in [0.29, 0.717) is 16.8 Å². The number of aryl methyl sites for hydroxylation is 1. The lowest BCUT2D eigenvalue weighted by Crippen LogP contribution is -2.36. The number of amides is 1. The molecule has 1 atom stereocenters. The summed E-state index contributed by atoms with van der Waals surface area (Å²) in [4.78, 5) is 34.1. The lowest BCUT2D eigenvalue weighted by atomic mass is 9.88. The summed E-state index contributed by atoms with van der Waals surface area (Å²) >= 11 is 0. The topological polar surface area (TPSA) is 86.3 Å². The minimum absolute atomic E-state index is 0.0480. The first-order chi connectivity index (χ1) is 18.4. The average molecular weight is 495 g/mol. The molecule has 4 aromatic rings. The highest BCUT2D eigenvalue weighted by Gasteiger charge is 2.27. The average Bonchev–Trinajstić information content (AvgIpc) is 3.32. The normalized spacial score (nSPS) is 15.5. The highest BCUT2D eigenvalue weighted by atomic mass is 16.4. The molecule has 188 valence electrons. The number of rotatable bonds is 7. The van der Waals surface area contributed by atoms with E-state index in [-0.39, 0.29) is 11.8 Å². The van der Waals surface area contributed by atoms with E-state index in [1.165, 1.54) is 6.08 Å². The number of carboxylic acid groups (broad SMARTS) is 1. The Balaban J connectivity index is 1.46. The molecule has 1 saturated carbocycles. The number of anilines is 1. The van der Waals surface area contributed by atoms with Crippen molar-refractivity contribution in [1.82, 2.24) is 9.97 Å². The van der Waals surface area contributed by atoms with Gasteiger partial charge < -0.3 is 15.0 Å². The maximum Gasteiger partial charge on any atom is 0.328 e. The van der Waals surface area contributed by atoms with Crippen molar-refractivity contribution in [2.45, 2.75) is 45.5 Å². The molecule has 1 aromatic heterocycles. The van der Waals surface area contributed by atoms with Crippen molar-refractivity contribution in [2.75, 3.05) is 4.90 Å². The minimum Gasteiger partial charge on any atom is -0.478 e. The van der Waals surface area contributed by atoms with Crippen LogP contribution in [-0.4, -0.2) is 27.0 Å². The van der Waals surface area contributed by atoms with E-state index in [1.807, 2.05) is 49.4 Å². The molecule has 0 spiro atoms. The Hall–Kier alpha value is -4.19. The van der Waals surface area contributed by atoms with Gasteiger partial charge in [0.2, 0.25) is 5.91 Å². The van der Waals surface area contributed by atoms with E-state index in [4.69, 9.17) is 6.48 Å². The van der Waals surface area contributed by atoms with Crippen molar-refractivity contribution < 1.29 is 16.1 Å². The molecule has 37 heavy (non-hydrogen) atoms. The van der Waals surface area contributed by atoms with Crippen molar-refractivity contribution >= 4 is 34.7 Å². The number of aromatic amines is 1. The maximum absolute atomic E-state index is 13.8. The third-order valence-corrected chi connectivity index (χ3v) is 6.88. The van der Waals surface area contributed by atoms with Gasteiger partial charge in [0.1, 0.15) is 5.82 Å². The van der Waals surface area contributed by atoms with Crippen LogP contribution in [0.4, 0.5) is 5.69 Å². The van der Waals surface area contributed by atoms with Gasteiger partial charge in [-0.2, -0.15) is 0 Å². The van der Waals surface area contributed by atoms with Crippen LogP contribution < -0.4 is 4.90 Å². The van der Waals surface area contributed by atoms with Crippen molar-refractivity contribution in [2.24, 2.45) is 5.92 Å². The Morgan fingerprint density at radius 2 is 1.81 bits per heavy atom. The summed E-state index contributed by atoms with van der Waals surface area (Å²) in [6.45, 7) is 0.997. The largest absolute Gasteiger partial charge is 0.478 e. The van der Waals surface area contributed by atoms with Crippen molar-refractivity contribution in [3.05, 3.63) is 89.8 Å². The summed E-state index contributed by atoms with van der Waals surface area (Å²) in [6, 6.07) is 21.0. The molecule has 0 radical (unpaired) electrons. The van der Waals surface area contributed by atoms with Crippen molar-refractivity contribution in [3.8, 4) is 11.1 Å². The van der Waals surface area contributed by atoms with Gasteiger partial charge in [-0.25, -0.2) is 9.78 Å². The number of hydrogen-bond acceptors (Lipinski definition) is 3. The van der Waals surface area contributed by atoms with E-state index in [1.54, 1.807) is 23.1 Å². The van der Waals surface area contributed by atoms with Gasteiger partial charge >= 0.3 is 5.97 Å². The van der Waals surface area contributed by atoms with Crippen LogP contribution in [0.3, 0.4) is 0 Å². The molecule has 2 N–H and O–H groups in total. The second kappa shape index (κ2) is 10.8. The summed E-state index contributed by atoms with van der Waals surface area (Å²) in [7, 11) is 0. The van der Waals surface area contributed by atoms with Crippen molar-refractivity contribution in [1.29, 1.82) is 0 Å². The molecule has 0 bridgehead atoms. The van der Waals surface area contributed by atoms with Crippen LogP contribution in [0.15, 0.2) is 72.8 Å². The van der Waals surface area contributed by atoms with Crippen molar-refractivity contribution in [3.63, 3.8) is 0 Å². The first-order valence-corrected chi connectivity index (χ1v) is 12.7. The molecule has 1 amide bonds. The monoisotopic (exact) mass is 494 g/mol. The standard InChI is InChI=1S/C31H31N3O3/c1-21-32-28-16-15-26(19-29(28)33-21)24-13-10-23(11-14-24)20-34(31(37)25-7-3-2-4-8-25)27-9-5-6-22(18-27)12-17-30(35)36/h5-6,9-19,25H,2-4,7-8,20H2,1H3,(H,32,33)(H,35,36)/b17-12+/i20D. The summed E-state index contributed by atoms with van der Waals surface area (Å²) < 4.78 is 9.16. The zero-order valence-corrected chi connectivity index (χ0v) is 20.9. The molecule has 1 heterocycles. The molecule has 5 rings (SSSR count). The molecular formula is C31H31N3O3. The Morgan fingerprint density at radius 3 is 2.57 bits per heavy atom.